The lowest BCUT2D eigenvalue weighted by Crippen LogP contribution is -2.54. The molecular weight excluding hydrogens is 378 g/mol. The zero-order chi connectivity index (χ0) is 20.7. The largest absolute Gasteiger partial charge is 0.348 e. The second kappa shape index (κ2) is 7.39. The molecule has 152 valence electrons. The maximum atomic E-state index is 13.1. The first-order valence-corrected chi connectivity index (χ1v) is 10.1. The fraction of sp³-hybridized carbons (Fsp3) is 0.571. The van der Waals surface area contributed by atoms with E-state index in [-0.39, 0.29) is 29.8 Å². The smallest absolute Gasteiger partial charge is 0.325 e. The Balaban J connectivity index is 1.68. The van der Waals surface area contributed by atoms with Gasteiger partial charge in [0.1, 0.15) is 12.1 Å². The number of carbonyl (C=O) groups is 3. The second-order valence-corrected chi connectivity index (χ2v) is 9.54. The minimum absolute atomic E-state index is 0.0417. The summed E-state index contributed by atoms with van der Waals surface area (Å²) >= 11 is 6.00. The van der Waals surface area contributed by atoms with Crippen molar-refractivity contribution in [1.82, 2.24) is 15.5 Å². The quantitative estimate of drug-likeness (QED) is 0.750. The number of halogens is 1. The van der Waals surface area contributed by atoms with Gasteiger partial charge in [-0.15, -0.1) is 0 Å². The van der Waals surface area contributed by atoms with Crippen LogP contribution >= 0.6 is 11.6 Å². The van der Waals surface area contributed by atoms with Crippen LogP contribution in [0.4, 0.5) is 4.79 Å². The Labute approximate surface area is 171 Å². The van der Waals surface area contributed by atoms with E-state index in [1.54, 1.807) is 12.1 Å². The SMILES string of the molecule is C[C@@H]1CC(C)(C)C[C@]2(C1)NC(=O)N(CC(=O)N[C@H](C)c1cccc(Cl)c1)C2=O. The van der Waals surface area contributed by atoms with Crippen LogP contribution in [0.2, 0.25) is 5.02 Å². The van der Waals surface area contributed by atoms with Crippen LogP contribution in [-0.2, 0) is 9.59 Å². The van der Waals surface area contributed by atoms with Gasteiger partial charge in [0, 0.05) is 5.02 Å². The molecule has 0 aromatic heterocycles. The molecule has 1 saturated heterocycles. The van der Waals surface area contributed by atoms with Gasteiger partial charge in [0.2, 0.25) is 5.91 Å². The molecular formula is C21H28ClN3O3. The van der Waals surface area contributed by atoms with E-state index in [4.69, 9.17) is 11.6 Å². The summed E-state index contributed by atoms with van der Waals surface area (Å²) < 4.78 is 0. The van der Waals surface area contributed by atoms with Gasteiger partial charge < -0.3 is 10.6 Å². The molecule has 2 N–H and O–H groups in total. The van der Waals surface area contributed by atoms with E-state index in [9.17, 15) is 14.4 Å². The third-order valence-electron chi connectivity index (χ3n) is 5.65. The fourth-order valence-corrected chi connectivity index (χ4v) is 5.14. The molecule has 0 unspecified atom stereocenters. The van der Waals surface area contributed by atoms with Crippen molar-refractivity contribution in [2.45, 2.75) is 58.5 Å². The second-order valence-electron chi connectivity index (χ2n) is 9.10. The van der Waals surface area contributed by atoms with Crippen LogP contribution in [-0.4, -0.2) is 34.8 Å². The molecule has 4 amide bonds. The number of amides is 4. The molecule has 1 saturated carbocycles. The standard InChI is InChI=1S/C21H28ClN3O3/c1-13-9-20(3,4)12-21(10-13)18(27)25(19(28)24-21)11-17(26)23-14(2)15-6-5-7-16(22)8-15/h5-8,13-14H,9-12H2,1-4H3,(H,23,26)(H,24,28)/t13-,14-,21+/m1/s1. The van der Waals surface area contributed by atoms with E-state index in [0.29, 0.717) is 23.8 Å². The maximum absolute atomic E-state index is 13.1. The number of nitrogens with zero attached hydrogens (tertiary/aromatic N) is 1. The zero-order valence-electron chi connectivity index (χ0n) is 16.8. The molecule has 0 bridgehead atoms. The maximum Gasteiger partial charge on any atom is 0.325 e. The Bertz CT molecular complexity index is 810. The van der Waals surface area contributed by atoms with E-state index in [0.717, 1.165) is 16.9 Å². The molecule has 7 heteroatoms. The van der Waals surface area contributed by atoms with Crippen LogP contribution < -0.4 is 10.6 Å². The highest BCUT2D eigenvalue weighted by Gasteiger charge is 2.56. The number of rotatable bonds is 4. The van der Waals surface area contributed by atoms with Crippen molar-refractivity contribution in [3.8, 4) is 0 Å². The lowest BCUT2D eigenvalue weighted by Gasteiger charge is -2.43. The van der Waals surface area contributed by atoms with Gasteiger partial charge in [-0.25, -0.2) is 4.79 Å². The van der Waals surface area contributed by atoms with Gasteiger partial charge in [0.05, 0.1) is 6.04 Å². The molecule has 28 heavy (non-hydrogen) atoms. The first kappa shape index (κ1) is 20.6. The first-order valence-electron chi connectivity index (χ1n) is 9.70. The third kappa shape index (κ3) is 4.17. The molecule has 6 nitrogen and oxygen atoms in total. The van der Waals surface area contributed by atoms with Crippen molar-refractivity contribution < 1.29 is 14.4 Å². The average molecular weight is 406 g/mol. The number of imide groups is 1. The summed E-state index contributed by atoms with van der Waals surface area (Å²) in [7, 11) is 0. The summed E-state index contributed by atoms with van der Waals surface area (Å²) in [5.41, 5.74) is -0.0748. The number of hydrogen-bond acceptors (Lipinski definition) is 3. The van der Waals surface area contributed by atoms with Crippen molar-refractivity contribution in [2.24, 2.45) is 11.3 Å². The fourth-order valence-electron chi connectivity index (χ4n) is 4.94. The molecule has 2 aliphatic rings. The molecule has 1 spiro atoms. The van der Waals surface area contributed by atoms with Crippen molar-refractivity contribution in [2.75, 3.05) is 6.54 Å². The van der Waals surface area contributed by atoms with Crippen molar-refractivity contribution in [3.05, 3.63) is 34.9 Å². The minimum Gasteiger partial charge on any atom is -0.348 e. The molecule has 0 radical (unpaired) electrons. The molecule has 1 aliphatic heterocycles. The number of hydrogen-bond donors (Lipinski definition) is 2. The predicted molar refractivity (Wildman–Crippen MR) is 108 cm³/mol. The number of urea groups is 1. The highest BCUT2D eigenvalue weighted by molar-refractivity contribution is 6.30. The topological polar surface area (TPSA) is 78.5 Å². The third-order valence-corrected chi connectivity index (χ3v) is 5.89. The van der Waals surface area contributed by atoms with Crippen molar-refractivity contribution in [3.63, 3.8) is 0 Å². The Hall–Kier alpha value is -2.08. The van der Waals surface area contributed by atoms with Crippen LogP contribution in [0, 0.1) is 11.3 Å². The van der Waals surface area contributed by atoms with E-state index < -0.39 is 11.6 Å². The molecule has 1 aromatic rings. The van der Waals surface area contributed by atoms with Gasteiger partial charge in [-0.05, 0) is 55.2 Å². The van der Waals surface area contributed by atoms with Crippen LogP contribution in [0.5, 0.6) is 0 Å². The Morgan fingerprint density at radius 1 is 1.36 bits per heavy atom. The molecule has 2 fully saturated rings. The van der Waals surface area contributed by atoms with E-state index >= 15 is 0 Å². The molecule has 3 rings (SSSR count). The van der Waals surface area contributed by atoms with Gasteiger partial charge in [0.25, 0.3) is 5.91 Å². The predicted octanol–water partition coefficient (Wildman–Crippen LogP) is 3.65. The summed E-state index contributed by atoms with van der Waals surface area (Å²) in [5, 5.41) is 6.32. The zero-order valence-corrected chi connectivity index (χ0v) is 17.6. The lowest BCUT2D eigenvalue weighted by atomic mass is 9.64. The highest BCUT2D eigenvalue weighted by Crippen LogP contribution is 2.46. The van der Waals surface area contributed by atoms with Crippen LogP contribution in [0.1, 0.15) is 58.6 Å². The summed E-state index contributed by atoms with van der Waals surface area (Å²) in [6, 6.07) is 6.45. The van der Waals surface area contributed by atoms with Gasteiger partial charge in [-0.3, -0.25) is 14.5 Å². The van der Waals surface area contributed by atoms with Crippen LogP contribution in [0.3, 0.4) is 0 Å². The van der Waals surface area contributed by atoms with Crippen molar-refractivity contribution in [1.29, 1.82) is 0 Å². The highest BCUT2D eigenvalue weighted by atomic mass is 35.5. The lowest BCUT2D eigenvalue weighted by molar-refractivity contribution is -0.137. The van der Waals surface area contributed by atoms with Crippen LogP contribution in [0.15, 0.2) is 24.3 Å². The van der Waals surface area contributed by atoms with Gasteiger partial charge >= 0.3 is 6.03 Å². The first-order chi connectivity index (χ1) is 13.0. The number of benzene rings is 1. The van der Waals surface area contributed by atoms with Crippen LogP contribution in [0.25, 0.3) is 0 Å². The average Bonchev–Trinajstić information content (AvgIpc) is 2.76. The van der Waals surface area contributed by atoms with Crippen molar-refractivity contribution >= 4 is 29.4 Å². The summed E-state index contributed by atoms with van der Waals surface area (Å²) in [5.74, 6) is -0.344. The van der Waals surface area contributed by atoms with Gasteiger partial charge in [-0.1, -0.05) is 44.5 Å². The summed E-state index contributed by atoms with van der Waals surface area (Å²) in [6.45, 7) is 7.89. The summed E-state index contributed by atoms with van der Waals surface area (Å²) in [4.78, 5) is 39.2. The number of nitrogens with one attached hydrogen (secondary N) is 2. The van der Waals surface area contributed by atoms with Gasteiger partial charge in [-0.2, -0.15) is 0 Å². The van der Waals surface area contributed by atoms with E-state index in [2.05, 4.69) is 31.4 Å². The Morgan fingerprint density at radius 3 is 2.71 bits per heavy atom. The Kier molecular flexibility index (Phi) is 5.45. The molecule has 3 atom stereocenters. The van der Waals surface area contributed by atoms with Gasteiger partial charge in [0.15, 0.2) is 0 Å². The Morgan fingerprint density at radius 2 is 2.07 bits per heavy atom. The monoisotopic (exact) mass is 405 g/mol. The minimum atomic E-state index is -0.892. The van der Waals surface area contributed by atoms with E-state index in [1.165, 1.54) is 0 Å². The number of carbonyl (C=O) groups excluding carboxylic acids is 3. The van der Waals surface area contributed by atoms with E-state index in [1.807, 2.05) is 19.1 Å². The molecule has 1 heterocycles. The normalized spacial score (nSPS) is 27.6. The summed E-state index contributed by atoms with van der Waals surface area (Å²) in [6.07, 6.45) is 2.21. The molecule has 1 aromatic carbocycles. The molecule has 1 aliphatic carbocycles.